The van der Waals surface area contributed by atoms with E-state index in [0.717, 1.165) is 48.7 Å². The maximum atomic E-state index is 13.6. The number of halogens is 2. The van der Waals surface area contributed by atoms with Crippen LogP contribution in [0.2, 0.25) is 0 Å². The second-order valence-electron chi connectivity index (χ2n) is 10.9. The topological polar surface area (TPSA) is 65.0 Å². The Bertz CT molecular complexity index is 1440. The van der Waals surface area contributed by atoms with Crippen molar-refractivity contribution in [2.75, 3.05) is 26.2 Å². The molecule has 0 radical (unpaired) electrons. The number of amidine groups is 1. The molecule has 3 aliphatic heterocycles. The Hall–Kier alpha value is -3.91. The number of hydrogen-bond donors (Lipinski definition) is 1. The molecule has 3 aliphatic rings. The molecule has 40 heavy (non-hydrogen) atoms. The largest absolute Gasteiger partial charge is 0.339 e. The van der Waals surface area contributed by atoms with Crippen LogP contribution in [0, 0.1) is 11.6 Å². The summed E-state index contributed by atoms with van der Waals surface area (Å²) in [7, 11) is 0. The summed E-state index contributed by atoms with van der Waals surface area (Å²) in [6.45, 7) is 4.33. The minimum Gasteiger partial charge on any atom is -0.339 e. The van der Waals surface area contributed by atoms with E-state index in [2.05, 4.69) is 15.2 Å². The van der Waals surface area contributed by atoms with Crippen LogP contribution in [0.5, 0.6) is 0 Å². The fourth-order valence-corrected chi connectivity index (χ4v) is 6.06. The van der Waals surface area contributed by atoms with Crippen LogP contribution in [0.3, 0.4) is 0 Å². The van der Waals surface area contributed by atoms with Gasteiger partial charge in [-0.15, -0.1) is 0 Å². The number of likely N-dealkylation sites (tertiary alicyclic amines) is 2. The Morgan fingerprint density at radius 1 is 0.825 bits per heavy atom. The number of aliphatic imine (C=N–C) groups is 1. The molecule has 3 heterocycles. The van der Waals surface area contributed by atoms with Crippen LogP contribution < -0.4 is 5.32 Å². The van der Waals surface area contributed by atoms with Crippen molar-refractivity contribution in [3.05, 3.63) is 106 Å². The van der Waals surface area contributed by atoms with Gasteiger partial charge in [-0.25, -0.2) is 8.78 Å². The molecule has 0 aromatic heterocycles. The summed E-state index contributed by atoms with van der Waals surface area (Å²) in [6, 6.07) is 16.6. The number of nitrogens with one attached hydrogen (secondary N) is 1. The Morgan fingerprint density at radius 2 is 1.50 bits per heavy atom. The minimum absolute atomic E-state index is 0.00614. The third-order valence-corrected chi connectivity index (χ3v) is 8.20. The van der Waals surface area contributed by atoms with Gasteiger partial charge in [0, 0.05) is 41.9 Å². The summed E-state index contributed by atoms with van der Waals surface area (Å²) < 4.78 is 27.2. The number of fused-ring (bicyclic) bond motifs is 1. The first kappa shape index (κ1) is 26.3. The lowest BCUT2D eigenvalue weighted by molar-refractivity contribution is 0.0644. The van der Waals surface area contributed by atoms with Gasteiger partial charge in [0.05, 0.1) is 6.54 Å². The third-order valence-electron chi connectivity index (χ3n) is 8.20. The molecule has 6 rings (SSSR count). The van der Waals surface area contributed by atoms with Crippen LogP contribution in [0.15, 0.2) is 65.7 Å². The van der Waals surface area contributed by atoms with Gasteiger partial charge in [0.2, 0.25) is 0 Å². The van der Waals surface area contributed by atoms with Crippen molar-refractivity contribution in [2.45, 2.75) is 44.7 Å². The van der Waals surface area contributed by atoms with Gasteiger partial charge in [-0.1, -0.05) is 12.1 Å². The summed E-state index contributed by atoms with van der Waals surface area (Å²) >= 11 is 0. The van der Waals surface area contributed by atoms with Gasteiger partial charge in [-0.3, -0.25) is 14.6 Å². The molecule has 0 bridgehead atoms. The number of carbonyl (C=O) groups excluding carboxylic acids is 2. The SMILES string of the molecule is O=C(NC1=NCc2ccc(Cc3cc(F)cc(F)c3)cc21)c1ccc(C(=O)N2CCC(N3CCCC3)CC2)cc1. The van der Waals surface area contributed by atoms with E-state index in [1.807, 2.05) is 23.1 Å². The van der Waals surface area contributed by atoms with Crippen molar-refractivity contribution < 1.29 is 18.4 Å². The maximum absolute atomic E-state index is 13.6. The molecule has 2 amide bonds. The molecule has 8 heteroatoms. The highest BCUT2D eigenvalue weighted by atomic mass is 19.1. The van der Waals surface area contributed by atoms with Crippen LogP contribution in [0.4, 0.5) is 8.78 Å². The first-order valence-electron chi connectivity index (χ1n) is 14.0. The second kappa shape index (κ2) is 11.3. The van der Waals surface area contributed by atoms with Crippen LogP contribution in [0.1, 0.15) is 68.7 Å². The van der Waals surface area contributed by atoms with E-state index in [1.165, 1.54) is 38.1 Å². The predicted octanol–water partition coefficient (Wildman–Crippen LogP) is 4.95. The van der Waals surface area contributed by atoms with Crippen molar-refractivity contribution in [3.8, 4) is 0 Å². The molecule has 0 spiro atoms. The lowest BCUT2D eigenvalue weighted by Crippen LogP contribution is -2.45. The molecule has 3 aromatic carbocycles. The van der Waals surface area contributed by atoms with Crippen molar-refractivity contribution in [2.24, 2.45) is 4.99 Å². The highest BCUT2D eigenvalue weighted by Crippen LogP contribution is 2.24. The van der Waals surface area contributed by atoms with Gasteiger partial charge in [-0.05, 0) is 104 Å². The van der Waals surface area contributed by atoms with Crippen LogP contribution >= 0.6 is 0 Å². The first-order chi connectivity index (χ1) is 19.4. The molecular weight excluding hydrogens is 510 g/mol. The van der Waals surface area contributed by atoms with Gasteiger partial charge < -0.3 is 15.1 Å². The lowest BCUT2D eigenvalue weighted by atomic mass is 9.99. The van der Waals surface area contributed by atoms with Gasteiger partial charge >= 0.3 is 0 Å². The van der Waals surface area contributed by atoms with Gasteiger partial charge in [0.15, 0.2) is 0 Å². The highest BCUT2D eigenvalue weighted by Gasteiger charge is 2.29. The van der Waals surface area contributed by atoms with E-state index < -0.39 is 11.6 Å². The van der Waals surface area contributed by atoms with Gasteiger partial charge in [0.1, 0.15) is 17.5 Å². The molecular formula is C32H32F2N4O2. The number of nitrogens with zero attached hydrogens (tertiary/aromatic N) is 3. The molecule has 0 aliphatic carbocycles. The number of amides is 2. The number of benzene rings is 3. The predicted molar refractivity (Wildman–Crippen MR) is 149 cm³/mol. The molecule has 0 unspecified atom stereocenters. The highest BCUT2D eigenvalue weighted by molar-refractivity contribution is 6.14. The fourth-order valence-electron chi connectivity index (χ4n) is 6.06. The Morgan fingerprint density at radius 3 is 2.20 bits per heavy atom. The zero-order valence-corrected chi connectivity index (χ0v) is 22.3. The summed E-state index contributed by atoms with van der Waals surface area (Å²) in [5, 5.41) is 2.90. The Balaban J connectivity index is 1.07. The molecule has 206 valence electrons. The molecule has 2 saturated heterocycles. The van der Waals surface area contributed by atoms with Crippen molar-refractivity contribution in [3.63, 3.8) is 0 Å². The molecule has 0 atom stereocenters. The van der Waals surface area contributed by atoms with Crippen molar-refractivity contribution >= 4 is 17.6 Å². The quantitative estimate of drug-likeness (QED) is 0.497. The number of rotatable bonds is 5. The average Bonchev–Trinajstić information content (AvgIpc) is 3.63. The van der Waals surface area contributed by atoms with Crippen molar-refractivity contribution in [1.82, 2.24) is 15.1 Å². The number of piperidine rings is 1. The van der Waals surface area contributed by atoms with Crippen LogP contribution in [-0.2, 0) is 13.0 Å². The normalized spacial score (nSPS) is 17.6. The van der Waals surface area contributed by atoms with E-state index in [9.17, 15) is 18.4 Å². The zero-order valence-electron chi connectivity index (χ0n) is 22.3. The van der Waals surface area contributed by atoms with Gasteiger partial charge in [0.25, 0.3) is 11.8 Å². The van der Waals surface area contributed by atoms with E-state index >= 15 is 0 Å². The monoisotopic (exact) mass is 542 g/mol. The number of hydrogen-bond acceptors (Lipinski definition) is 4. The maximum Gasteiger partial charge on any atom is 0.256 e. The Labute approximate surface area is 232 Å². The summed E-state index contributed by atoms with van der Waals surface area (Å²) in [5.74, 6) is -1.06. The smallest absolute Gasteiger partial charge is 0.256 e. The molecule has 1 N–H and O–H groups in total. The van der Waals surface area contributed by atoms with Crippen molar-refractivity contribution in [1.29, 1.82) is 0 Å². The first-order valence-corrected chi connectivity index (χ1v) is 14.0. The Kier molecular flexibility index (Phi) is 7.43. The minimum atomic E-state index is -0.611. The third kappa shape index (κ3) is 5.68. The summed E-state index contributed by atoms with van der Waals surface area (Å²) in [4.78, 5) is 35.1. The summed E-state index contributed by atoms with van der Waals surface area (Å²) in [5.41, 5.74) is 4.18. The van der Waals surface area contributed by atoms with Gasteiger partial charge in [-0.2, -0.15) is 0 Å². The van der Waals surface area contributed by atoms with E-state index in [4.69, 9.17) is 0 Å². The average molecular weight is 543 g/mol. The van der Waals surface area contributed by atoms with E-state index in [0.29, 0.717) is 41.5 Å². The summed E-state index contributed by atoms with van der Waals surface area (Å²) in [6.07, 6.45) is 4.93. The van der Waals surface area contributed by atoms with Crippen LogP contribution in [0.25, 0.3) is 0 Å². The fraction of sp³-hybridized carbons (Fsp3) is 0.344. The van der Waals surface area contributed by atoms with E-state index in [1.54, 1.807) is 24.3 Å². The molecule has 0 saturated carbocycles. The lowest BCUT2D eigenvalue weighted by Gasteiger charge is -2.36. The molecule has 6 nitrogen and oxygen atoms in total. The zero-order chi connectivity index (χ0) is 27.6. The van der Waals surface area contributed by atoms with E-state index in [-0.39, 0.29) is 11.8 Å². The molecule has 2 fully saturated rings. The van der Waals surface area contributed by atoms with Crippen LogP contribution in [-0.4, -0.2) is 59.7 Å². The standard InChI is InChI=1S/C32H32F2N4O2/c33-26-16-22(17-27(34)19-26)15-21-3-4-25-20-35-30(29(25)18-21)36-31(39)23-5-7-24(8-6-23)32(40)38-13-9-28(10-14-38)37-11-1-2-12-37/h3-8,16-19,28H,1-2,9-15,20H2,(H,35,36,39). The number of carbonyl (C=O) groups is 2. The molecule has 3 aromatic rings. The second-order valence-corrected chi connectivity index (χ2v) is 10.9.